The molecule has 0 saturated carbocycles. The van der Waals surface area contributed by atoms with E-state index in [1.54, 1.807) is 12.4 Å². The second-order valence-corrected chi connectivity index (χ2v) is 7.36. The Hall–Kier alpha value is -3.32. The lowest BCUT2D eigenvalue weighted by molar-refractivity contribution is -0.144. The number of carbonyl (C=O) groups is 1. The van der Waals surface area contributed by atoms with E-state index in [9.17, 15) is 9.59 Å². The molecule has 6 nitrogen and oxygen atoms in total. The Labute approximate surface area is 170 Å². The molecule has 0 saturated heterocycles. The zero-order valence-corrected chi connectivity index (χ0v) is 16.6. The summed E-state index contributed by atoms with van der Waals surface area (Å²) in [5.74, 6) is -0.403. The van der Waals surface area contributed by atoms with E-state index < -0.39 is 11.6 Å². The Balaban J connectivity index is 1.45. The van der Waals surface area contributed by atoms with Crippen LogP contribution >= 0.6 is 11.3 Å². The molecule has 146 valence electrons. The standard InChI is InChI=1S/C22H18N2O4S/c1-2-14-5-6-18-16(9-21(26)28-19(18)8-14)12-27-20(25)10-17-13-29-22(24-17)15-4-3-7-23-11-15/h3-9,11,13H,2,10,12H2,1H3. The number of fused-ring (bicyclic) bond motifs is 1. The molecule has 4 aromatic rings. The van der Waals surface area contributed by atoms with Gasteiger partial charge in [-0.2, -0.15) is 0 Å². The van der Waals surface area contributed by atoms with E-state index >= 15 is 0 Å². The maximum atomic E-state index is 12.3. The molecular formula is C22H18N2O4S. The van der Waals surface area contributed by atoms with Gasteiger partial charge in [-0.25, -0.2) is 9.78 Å². The molecule has 0 aliphatic carbocycles. The molecule has 1 aromatic carbocycles. The number of carbonyl (C=O) groups excluding carboxylic acids is 1. The first-order chi connectivity index (χ1) is 14.1. The first kappa shape index (κ1) is 19.0. The third-order valence-electron chi connectivity index (χ3n) is 4.48. The highest BCUT2D eigenvalue weighted by Gasteiger charge is 2.12. The number of aryl methyl sites for hydroxylation is 1. The SMILES string of the molecule is CCc1ccc2c(COC(=O)Cc3csc(-c4cccnc4)n3)cc(=O)oc2c1. The fraction of sp³-hybridized carbons (Fsp3) is 0.182. The fourth-order valence-electron chi connectivity index (χ4n) is 2.98. The Morgan fingerprint density at radius 2 is 2.14 bits per heavy atom. The molecule has 0 N–H and O–H groups in total. The molecule has 0 amide bonds. The van der Waals surface area contributed by atoms with E-state index in [2.05, 4.69) is 9.97 Å². The van der Waals surface area contributed by atoms with E-state index in [-0.39, 0.29) is 13.0 Å². The Morgan fingerprint density at radius 1 is 1.24 bits per heavy atom. The van der Waals surface area contributed by atoms with E-state index in [1.165, 1.54) is 17.4 Å². The predicted molar refractivity (Wildman–Crippen MR) is 111 cm³/mol. The topological polar surface area (TPSA) is 82.3 Å². The summed E-state index contributed by atoms with van der Waals surface area (Å²) < 4.78 is 10.7. The Kier molecular flexibility index (Phi) is 5.48. The molecule has 3 heterocycles. The van der Waals surface area contributed by atoms with Crippen LogP contribution in [0.15, 0.2) is 63.4 Å². The van der Waals surface area contributed by atoms with Gasteiger partial charge >= 0.3 is 11.6 Å². The molecule has 29 heavy (non-hydrogen) atoms. The van der Waals surface area contributed by atoms with Crippen molar-refractivity contribution < 1.29 is 13.9 Å². The van der Waals surface area contributed by atoms with Crippen LogP contribution < -0.4 is 5.63 Å². The highest BCUT2D eigenvalue weighted by molar-refractivity contribution is 7.13. The van der Waals surface area contributed by atoms with Crippen molar-refractivity contribution in [2.75, 3.05) is 0 Å². The number of esters is 1. The lowest BCUT2D eigenvalue weighted by Crippen LogP contribution is -2.10. The number of rotatable bonds is 6. The Bertz CT molecular complexity index is 1210. The van der Waals surface area contributed by atoms with Crippen molar-refractivity contribution in [2.45, 2.75) is 26.4 Å². The molecule has 0 unspecified atom stereocenters. The smallest absolute Gasteiger partial charge is 0.336 e. The van der Waals surface area contributed by atoms with Gasteiger partial charge in [-0.1, -0.05) is 19.1 Å². The number of nitrogens with zero attached hydrogens (tertiary/aromatic N) is 2. The molecule has 0 spiro atoms. The summed E-state index contributed by atoms with van der Waals surface area (Å²) in [6.45, 7) is 2.04. The number of thiazole rings is 1. The highest BCUT2D eigenvalue weighted by atomic mass is 32.1. The summed E-state index contributed by atoms with van der Waals surface area (Å²) in [5, 5.41) is 3.41. The highest BCUT2D eigenvalue weighted by Crippen LogP contribution is 2.23. The second kappa shape index (κ2) is 8.36. The van der Waals surface area contributed by atoms with Gasteiger partial charge in [0, 0.05) is 40.4 Å². The van der Waals surface area contributed by atoms with Crippen molar-refractivity contribution in [2.24, 2.45) is 0 Å². The third kappa shape index (κ3) is 4.41. The molecule has 3 aromatic heterocycles. The summed E-state index contributed by atoms with van der Waals surface area (Å²) in [4.78, 5) is 32.7. The monoisotopic (exact) mass is 406 g/mol. The summed E-state index contributed by atoms with van der Waals surface area (Å²) in [6, 6.07) is 10.8. The molecule has 0 aliphatic heterocycles. The average molecular weight is 406 g/mol. The van der Waals surface area contributed by atoms with Crippen LogP contribution in [-0.4, -0.2) is 15.9 Å². The number of ether oxygens (including phenoxy) is 1. The van der Waals surface area contributed by atoms with Crippen LogP contribution in [0.3, 0.4) is 0 Å². The van der Waals surface area contributed by atoms with Gasteiger partial charge in [0.1, 0.15) is 17.2 Å². The quantitative estimate of drug-likeness (QED) is 0.353. The minimum atomic E-state index is -0.461. The van der Waals surface area contributed by atoms with Gasteiger partial charge in [-0.3, -0.25) is 9.78 Å². The van der Waals surface area contributed by atoms with Gasteiger partial charge < -0.3 is 9.15 Å². The first-order valence-electron chi connectivity index (χ1n) is 9.18. The molecule has 0 fully saturated rings. The van der Waals surface area contributed by atoms with Gasteiger partial charge in [0.2, 0.25) is 0 Å². The van der Waals surface area contributed by atoms with Crippen LogP contribution in [0.2, 0.25) is 0 Å². The number of aromatic nitrogens is 2. The van der Waals surface area contributed by atoms with Crippen LogP contribution in [0.4, 0.5) is 0 Å². The minimum absolute atomic E-state index is 0.00596. The normalized spacial score (nSPS) is 10.9. The van der Waals surface area contributed by atoms with Gasteiger partial charge in [0.05, 0.1) is 12.1 Å². The van der Waals surface area contributed by atoms with Crippen LogP contribution in [0.25, 0.3) is 21.5 Å². The predicted octanol–water partition coefficient (Wildman–Crippen LogP) is 4.16. The maximum Gasteiger partial charge on any atom is 0.336 e. The van der Waals surface area contributed by atoms with E-state index in [1.807, 2.05) is 42.6 Å². The van der Waals surface area contributed by atoms with Crippen molar-refractivity contribution in [1.82, 2.24) is 9.97 Å². The van der Waals surface area contributed by atoms with Crippen molar-refractivity contribution in [1.29, 1.82) is 0 Å². The molecule has 0 radical (unpaired) electrons. The van der Waals surface area contributed by atoms with Gasteiger partial charge in [0.25, 0.3) is 0 Å². The van der Waals surface area contributed by atoms with Crippen LogP contribution in [0.1, 0.15) is 23.7 Å². The Morgan fingerprint density at radius 3 is 2.93 bits per heavy atom. The van der Waals surface area contributed by atoms with Crippen molar-refractivity contribution in [3.05, 3.63) is 81.4 Å². The van der Waals surface area contributed by atoms with E-state index in [0.717, 1.165) is 27.9 Å². The van der Waals surface area contributed by atoms with Gasteiger partial charge in [-0.15, -0.1) is 11.3 Å². The number of pyridine rings is 1. The molecule has 0 bridgehead atoms. The summed E-state index contributed by atoms with van der Waals surface area (Å²) >= 11 is 1.45. The van der Waals surface area contributed by atoms with Crippen molar-refractivity contribution >= 4 is 28.3 Å². The number of hydrogen-bond acceptors (Lipinski definition) is 7. The molecule has 4 rings (SSSR count). The molecule has 0 atom stereocenters. The fourth-order valence-corrected chi connectivity index (χ4v) is 3.79. The van der Waals surface area contributed by atoms with Crippen LogP contribution in [0, 0.1) is 0 Å². The first-order valence-corrected chi connectivity index (χ1v) is 10.1. The third-order valence-corrected chi connectivity index (χ3v) is 5.42. The van der Waals surface area contributed by atoms with Crippen molar-refractivity contribution in [3.63, 3.8) is 0 Å². The van der Waals surface area contributed by atoms with Crippen LogP contribution in [-0.2, 0) is 29.0 Å². The zero-order chi connectivity index (χ0) is 20.2. The van der Waals surface area contributed by atoms with E-state index in [4.69, 9.17) is 9.15 Å². The van der Waals surface area contributed by atoms with E-state index in [0.29, 0.717) is 16.8 Å². The maximum absolute atomic E-state index is 12.3. The van der Waals surface area contributed by atoms with Gasteiger partial charge in [0.15, 0.2) is 0 Å². The molecular weight excluding hydrogens is 388 g/mol. The summed E-state index contributed by atoms with van der Waals surface area (Å²) in [7, 11) is 0. The average Bonchev–Trinajstić information content (AvgIpc) is 3.20. The number of hydrogen-bond donors (Lipinski definition) is 0. The van der Waals surface area contributed by atoms with Gasteiger partial charge in [-0.05, 0) is 30.2 Å². The lowest BCUT2D eigenvalue weighted by Gasteiger charge is -2.07. The minimum Gasteiger partial charge on any atom is -0.460 e. The molecule has 7 heteroatoms. The lowest BCUT2D eigenvalue weighted by atomic mass is 10.1. The molecule has 0 aliphatic rings. The zero-order valence-electron chi connectivity index (χ0n) is 15.8. The second-order valence-electron chi connectivity index (χ2n) is 6.50. The van der Waals surface area contributed by atoms with Crippen molar-refractivity contribution in [3.8, 4) is 10.6 Å². The summed E-state index contributed by atoms with van der Waals surface area (Å²) in [5.41, 5.74) is 3.29. The number of benzene rings is 1. The van der Waals surface area contributed by atoms with Crippen LogP contribution in [0.5, 0.6) is 0 Å². The largest absolute Gasteiger partial charge is 0.460 e. The summed E-state index contributed by atoms with van der Waals surface area (Å²) in [6.07, 6.45) is 4.34.